The summed E-state index contributed by atoms with van der Waals surface area (Å²) in [5.74, 6) is 0. The van der Waals surface area contributed by atoms with Crippen molar-refractivity contribution in [3.8, 4) is 0 Å². The second kappa shape index (κ2) is 6.21. The molecule has 0 rings (SSSR count). The van der Waals surface area contributed by atoms with Crippen molar-refractivity contribution in [1.82, 2.24) is 0 Å². The molecule has 0 aliphatic carbocycles. The van der Waals surface area contributed by atoms with Gasteiger partial charge in [-0.25, -0.2) is 4.31 Å². The Labute approximate surface area is 51.9 Å². The molecule has 0 radical (unpaired) electrons. The molecule has 0 aromatic heterocycles. The molecule has 0 fully saturated rings. The lowest BCUT2D eigenvalue weighted by atomic mass is 15.7. The van der Waals surface area contributed by atoms with Gasteiger partial charge in [0.1, 0.15) is 0 Å². The molecular formula is H7O5P3. The average Bonchev–Trinajstić information content (AvgIpc) is 1.27. The van der Waals surface area contributed by atoms with Crippen molar-refractivity contribution in [3.05, 3.63) is 0 Å². The van der Waals surface area contributed by atoms with E-state index in [1.165, 1.54) is 0 Å². The van der Waals surface area contributed by atoms with Crippen LogP contribution in [0.5, 0.6) is 0 Å². The summed E-state index contributed by atoms with van der Waals surface area (Å²) in [6.45, 7) is 0. The van der Waals surface area contributed by atoms with Crippen molar-refractivity contribution < 1.29 is 23.9 Å². The molecule has 52 valence electrons. The van der Waals surface area contributed by atoms with Gasteiger partial charge < -0.3 is 19.6 Å². The molecule has 0 aliphatic heterocycles. The Morgan fingerprint density at radius 1 is 0.875 bits per heavy atom. The smallest absolute Gasteiger partial charge is 0.328 e. The third kappa shape index (κ3) is 10.1. The summed E-state index contributed by atoms with van der Waals surface area (Å²) in [5.41, 5.74) is 0. The Kier molecular flexibility index (Phi) is 9.19. The molecule has 0 aliphatic rings. The lowest BCUT2D eigenvalue weighted by molar-refractivity contribution is 0.324. The summed E-state index contributed by atoms with van der Waals surface area (Å²) < 4.78 is 3.60. The van der Waals surface area contributed by atoms with E-state index in [9.17, 15) is 0 Å². The van der Waals surface area contributed by atoms with E-state index in [0.717, 1.165) is 0 Å². The maximum atomic E-state index is 7.82. The molecule has 0 aromatic rings. The molecule has 1 atom stereocenters. The van der Waals surface area contributed by atoms with Crippen molar-refractivity contribution in [2.45, 2.75) is 0 Å². The topological polar surface area (TPSA) is 90.2 Å². The van der Waals surface area contributed by atoms with Crippen molar-refractivity contribution in [2.24, 2.45) is 0 Å². The highest BCUT2D eigenvalue weighted by Crippen LogP contribution is 2.41. The zero-order valence-corrected chi connectivity index (χ0v) is 7.00. The Morgan fingerprint density at radius 3 is 1.12 bits per heavy atom. The molecule has 8 heteroatoms. The first-order valence-electron chi connectivity index (χ1n) is 1.17. The van der Waals surface area contributed by atoms with Crippen LogP contribution in [0.15, 0.2) is 0 Å². The third-order valence-corrected chi connectivity index (χ3v) is 1.31. The monoisotopic (exact) mass is 180 g/mol. The summed E-state index contributed by atoms with van der Waals surface area (Å²) in [6, 6.07) is 0. The predicted octanol–water partition coefficient (Wildman–Crippen LogP) is -0.516. The Hall–Kier alpha value is 1.09. The van der Waals surface area contributed by atoms with Crippen LogP contribution < -0.4 is 0 Å². The zero-order chi connectivity index (χ0) is 5.86. The zero-order valence-electron chi connectivity index (χ0n) is 3.80. The van der Waals surface area contributed by atoms with Crippen LogP contribution in [0.4, 0.5) is 0 Å². The van der Waals surface area contributed by atoms with E-state index in [0.29, 0.717) is 0 Å². The standard InChI is InChI=1S/H4O5P2.H3P/c1-6(2)5-7(3)4;/h1-4H;1H3. The molecule has 1 unspecified atom stereocenters. The van der Waals surface area contributed by atoms with Crippen LogP contribution in [0.2, 0.25) is 0 Å². The second-order valence-electron chi connectivity index (χ2n) is 0.587. The lowest BCUT2D eigenvalue weighted by Gasteiger charge is -2.00. The minimum absolute atomic E-state index is 0. The molecule has 0 amide bonds. The summed E-state index contributed by atoms with van der Waals surface area (Å²) in [4.78, 5) is 31.3. The fourth-order valence-electron chi connectivity index (χ4n) is 0.0653. The Balaban J connectivity index is 0. The molecule has 0 heterocycles. The van der Waals surface area contributed by atoms with Crippen LogP contribution in [-0.2, 0) is 4.31 Å². The highest BCUT2D eigenvalue weighted by Gasteiger charge is 2.05. The van der Waals surface area contributed by atoms with Crippen molar-refractivity contribution in [1.29, 1.82) is 0 Å². The maximum absolute atomic E-state index is 7.82. The first kappa shape index (κ1) is 11.8. The van der Waals surface area contributed by atoms with Gasteiger partial charge in [-0.2, -0.15) is 9.90 Å². The summed E-state index contributed by atoms with van der Waals surface area (Å²) >= 11 is 0. The van der Waals surface area contributed by atoms with Gasteiger partial charge in [0, 0.05) is 0 Å². The van der Waals surface area contributed by atoms with Gasteiger partial charge in [-0.05, 0) is 0 Å². The quantitative estimate of drug-likeness (QED) is 0.429. The van der Waals surface area contributed by atoms with Crippen molar-refractivity contribution in [3.63, 3.8) is 0 Å². The normalized spacial score (nSPS) is 9.75. The van der Waals surface area contributed by atoms with E-state index in [2.05, 4.69) is 4.31 Å². The van der Waals surface area contributed by atoms with Gasteiger partial charge in [-0.3, -0.25) is 0 Å². The van der Waals surface area contributed by atoms with Gasteiger partial charge in [-0.1, -0.05) is 0 Å². The van der Waals surface area contributed by atoms with Gasteiger partial charge in [0.2, 0.25) is 0 Å². The van der Waals surface area contributed by atoms with Crippen LogP contribution in [-0.4, -0.2) is 19.6 Å². The minimum Gasteiger partial charge on any atom is -0.328 e. The van der Waals surface area contributed by atoms with Gasteiger partial charge in [0.15, 0.2) is 0 Å². The van der Waals surface area contributed by atoms with Crippen LogP contribution in [0.25, 0.3) is 0 Å². The highest BCUT2D eigenvalue weighted by atomic mass is 31.2. The van der Waals surface area contributed by atoms with E-state index < -0.39 is 17.2 Å². The number of hydrogen-bond acceptors (Lipinski definition) is 5. The minimum atomic E-state index is -2.61. The summed E-state index contributed by atoms with van der Waals surface area (Å²) in [5, 5.41) is 0. The molecule has 5 nitrogen and oxygen atoms in total. The van der Waals surface area contributed by atoms with Crippen LogP contribution in [0, 0.1) is 0 Å². The molecule has 0 bridgehead atoms. The maximum Gasteiger partial charge on any atom is 0.334 e. The molecule has 8 heavy (non-hydrogen) atoms. The molecule has 0 spiro atoms. The Bertz CT molecular complexity index is 36.9. The SMILES string of the molecule is OP(O)OP(O)O.P. The van der Waals surface area contributed by atoms with Crippen molar-refractivity contribution >= 4 is 27.1 Å². The van der Waals surface area contributed by atoms with Gasteiger partial charge >= 0.3 is 17.2 Å². The third-order valence-electron chi connectivity index (χ3n) is 0.146. The van der Waals surface area contributed by atoms with Crippen LogP contribution >= 0.6 is 27.1 Å². The van der Waals surface area contributed by atoms with Gasteiger partial charge in [0.25, 0.3) is 0 Å². The fourth-order valence-corrected chi connectivity index (χ4v) is 0.588. The van der Waals surface area contributed by atoms with E-state index in [1.54, 1.807) is 0 Å². The van der Waals surface area contributed by atoms with Crippen LogP contribution in [0.3, 0.4) is 0 Å². The van der Waals surface area contributed by atoms with E-state index >= 15 is 0 Å². The van der Waals surface area contributed by atoms with Crippen LogP contribution in [0.1, 0.15) is 0 Å². The fraction of sp³-hybridized carbons (Fsp3) is 0. The highest BCUT2D eigenvalue weighted by molar-refractivity contribution is 7.53. The first-order valence-corrected chi connectivity index (χ1v) is 3.50. The molecule has 4 N–H and O–H groups in total. The van der Waals surface area contributed by atoms with Gasteiger partial charge in [0.05, 0.1) is 0 Å². The largest absolute Gasteiger partial charge is 0.334 e. The molecule has 0 saturated heterocycles. The predicted molar refractivity (Wildman–Crippen MR) is 34.9 cm³/mol. The summed E-state index contributed by atoms with van der Waals surface area (Å²) in [7, 11) is -5.22. The summed E-state index contributed by atoms with van der Waals surface area (Å²) in [6.07, 6.45) is 0. The second-order valence-corrected chi connectivity index (χ2v) is 2.25. The van der Waals surface area contributed by atoms with Crippen molar-refractivity contribution in [2.75, 3.05) is 0 Å². The number of rotatable bonds is 2. The first-order chi connectivity index (χ1) is 3.13. The number of hydrogen-bond donors (Lipinski definition) is 4. The average molecular weight is 180 g/mol. The molecular weight excluding hydrogens is 173 g/mol. The van der Waals surface area contributed by atoms with E-state index in [1.807, 2.05) is 0 Å². The van der Waals surface area contributed by atoms with E-state index in [4.69, 9.17) is 19.6 Å². The van der Waals surface area contributed by atoms with Gasteiger partial charge in [-0.15, -0.1) is 0 Å². The lowest BCUT2D eigenvalue weighted by Crippen LogP contribution is -1.73. The molecule has 0 saturated carbocycles. The molecule has 0 aromatic carbocycles. The Morgan fingerprint density at radius 2 is 1.12 bits per heavy atom. The van der Waals surface area contributed by atoms with E-state index in [-0.39, 0.29) is 9.90 Å².